The SMILES string of the molecule is CC(C#N)(COc1cc(C#N)ccc1F)NC(=O)c1ccc(S(F)(F)(F)(F)F)cc1. The lowest BCUT2D eigenvalue weighted by Gasteiger charge is -2.40. The first-order valence-corrected chi connectivity index (χ1v) is 9.92. The molecule has 0 radical (unpaired) electrons. The summed E-state index contributed by atoms with van der Waals surface area (Å²) in [5, 5.41) is 20.3. The van der Waals surface area contributed by atoms with Crippen LogP contribution in [0.3, 0.4) is 0 Å². The van der Waals surface area contributed by atoms with Crippen molar-refractivity contribution >= 4 is 16.1 Å². The molecule has 30 heavy (non-hydrogen) atoms. The van der Waals surface area contributed by atoms with Gasteiger partial charge in [-0.1, -0.05) is 19.4 Å². The van der Waals surface area contributed by atoms with Gasteiger partial charge in [0.1, 0.15) is 11.5 Å². The molecule has 160 valence electrons. The van der Waals surface area contributed by atoms with Crippen LogP contribution in [0.2, 0.25) is 0 Å². The molecule has 0 aliphatic carbocycles. The summed E-state index contributed by atoms with van der Waals surface area (Å²) in [6, 6.07) is 7.93. The third-order valence-electron chi connectivity index (χ3n) is 3.77. The standard InChI is InChI=1S/C18H13F6N3O2S/c1-18(10-26,11-29-16-8-12(9-25)2-7-15(16)19)27-17(28)13-3-5-14(6-4-13)30(20,21,22,23)24/h2-8H,11H2,1H3,(H,27,28). The van der Waals surface area contributed by atoms with Crippen LogP contribution in [0.25, 0.3) is 0 Å². The molecule has 5 nitrogen and oxygen atoms in total. The fourth-order valence-electron chi connectivity index (χ4n) is 2.19. The molecule has 1 unspecified atom stereocenters. The van der Waals surface area contributed by atoms with Gasteiger partial charge in [0.25, 0.3) is 5.91 Å². The van der Waals surface area contributed by atoms with Crippen molar-refractivity contribution in [1.29, 1.82) is 10.5 Å². The van der Waals surface area contributed by atoms with E-state index in [0.717, 1.165) is 12.1 Å². The summed E-state index contributed by atoms with van der Waals surface area (Å²) in [5.41, 5.74) is -2.09. The first-order chi connectivity index (χ1) is 13.6. The molecule has 0 fully saturated rings. The largest absolute Gasteiger partial charge is 0.487 e. The van der Waals surface area contributed by atoms with Gasteiger partial charge in [0.05, 0.1) is 17.7 Å². The van der Waals surface area contributed by atoms with E-state index >= 15 is 0 Å². The van der Waals surface area contributed by atoms with Crippen molar-refractivity contribution in [2.45, 2.75) is 17.4 Å². The van der Waals surface area contributed by atoms with E-state index in [-0.39, 0.29) is 23.4 Å². The highest BCUT2D eigenvalue weighted by atomic mass is 32.5. The van der Waals surface area contributed by atoms with E-state index in [4.69, 9.17) is 10.00 Å². The molecule has 0 aliphatic rings. The highest BCUT2D eigenvalue weighted by molar-refractivity contribution is 8.45. The molecule has 0 aromatic heterocycles. The van der Waals surface area contributed by atoms with E-state index in [1.807, 2.05) is 0 Å². The number of amides is 1. The Kier molecular flexibility index (Phi) is 5.23. The van der Waals surface area contributed by atoms with Crippen LogP contribution in [-0.4, -0.2) is 18.1 Å². The zero-order valence-corrected chi connectivity index (χ0v) is 16.0. The van der Waals surface area contributed by atoms with Gasteiger partial charge in [-0.15, -0.1) is 0 Å². The summed E-state index contributed by atoms with van der Waals surface area (Å²) < 4.78 is 82.6. The number of carbonyl (C=O) groups excluding carboxylic acids is 1. The van der Waals surface area contributed by atoms with Crippen LogP contribution in [0, 0.1) is 28.5 Å². The van der Waals surface area contributed by atoms with E-state index < -0.39 is 44.6 Å². The maximum atomic E-state index is 13.8. The van der Waals surface area contributed by atoms with Crippen LogP contribution >= 0.6 is 10.2 Å². The average molecular weight is 449 g/mol. The van der Waals surface area contributed by atoms with Crippen molar-refractivity contribution in [3.8, 4) is 17.9 Å². The molecule has 12 heteroatoms. The second kappa shape index (κ2) is 6.85. The van der Waals surface area contributed by atoms with E-state index in [9.17, 15) is 33.9 Å². The Labute approximate surface area is 167 Å². The van der Waals surface area contributed by atoms with Gasteiger partial charge in [-0.3, -0.25) is 4.79 Å². The number of ether oxygens (including phenoxy) is 1. The number of halogens is 6. The fraction of sp³-hybridized carbons (Fsp3) is 0.167. The van der Waals surface area contributed by atoms with Gasteiger partial charge in [0.2, 0.25) is 0 Å². The molecule has 2 aromatic rings. The molecule has 1 atom stereocenters. The van der Waals surface area contributed by atoms with E-state index in [1.54, 1.807) is 12.1 Å². The lowest BCUT2D eigenvalue weighted by atomic mass is 10.1. The van der Waals surface area contributed by atoms with Crippen molar-refractivity contribution in [1.82, 2.24) is 5.32 Å². The summed E-state index contributed by atoms with van der Waals surface area (Å²) >= 11 is 0. The van der Waals surface area contributed by atoms with Crippen molar-refractivity contribution in [3.05, 3.63) is 59.4 Å². The molecule has 0 saturated heterocycles. The van der Waals surface area contributed by atoms with E-state index in [1.165, 1.54) is 13.0 Å². The van der Waals surface area contributed by atoms with Crippen LogP contribution in [-0.2, 0) is 0 Å². The Hall–Kier alpha value is -3.38. The quantitative estimate of drug-likeness (QED) is 0.595. The van der Waals surface area contributed by atoms with Gasteiger partial charge in [-0.2, -0.15) is 10.5 Å². The predicted molar refractivity (Wildman–Crippen MR) is 95.9 cm³/mol. The van der Waals surface area contributed by atoms with Gasteiger partial charge in [0.15, 0.2) is 17.1 Å². The topological polar surface area (TPSA) is 85.9 Å². The first-order valence-electron chi connectivity index (χ1n) is 7.97. The second-order valence-corrected chi connectivity index (χ2v) is 8.85. The summed E-state index contributed by atoms with van der Waals surface area (Å²) in [6.45, 7) is 0.616. The number of nitrogens with zero attached hydrogens (tertiary/aromatic N) is 2. The zero-order chi connectivity index (χ0) is 22.9. The van der Waals surface area contributed by atoms with E-state index in [2.05, 4.69) is 5.32 Å². The number of carbonyl (C=O) groups is 1. The lowest BCUT2D eigenvalue weighted by Crippen LogP contribution is -2.49. The Morgan fingerprint density at radius 1 is 1.10 bits per heavy atom. The van der Waals surface area contributed by atoms with Crippen molar-refractivity contribution < 1.29 is 33.4 Å². The van der Waals surface area contributed by atoms with Crippen LogP contribution in [0.15, 0.2) is 47.4 Å². The third-order valence-corrected chi connectivity index (χ3v) is 4.94. The summed E-state index contributed by atoms with van der Waals surface area (Å²) in [6.07, 6.45) is 0. The number of nitriles is 2. The number of hydrogen-bond donors (Lipinski definition) is 1. The molecule has 0 bridgehead atoms. The molecular weight excluding hydrogens is 436 g/mol. The number of nitrogens with one attached hydrogen (secondary N) is 1. The summed E-state index contributed by atoms with van der Waals surface area (Å²) in [7, 11) is -9.88. The predicted octanol–water partition coefficient (Wildman–Crippen LogP) is 5.45. The highest BCUT2D eigenvalue weighted by Gasteiger charge is 2.65. The smallest absolute Gasteiger partial charge is 0.310 e. The Balaban J connectivity index is 2.16. The van der Waals surface area contributed by atoms with Gasteiger partial charge < -0.3 is 10.1 Å². The van der Waals surface area contributed by atoms with Crippen LogP contribution < -0.4 is 10.1 Å². The molecule has 2 aromatic carbocycles. The van der Waals surface area contributed by atoms with Crippen LogP contribution in [0.5, 0.6) is 5.75 Å². The van der Waals surface area contributed by atoms with Crippen molar-refractivity contribution in [2.75, 3.05) is 6.61 Å². The highest BCUT2D eigenvalue weighted by Crippen LogP contribution is 3.02. The monoisotopic (exact) mass is 449 g/mol. The van der Waals surface area contributed by atoms with Crippen molar-refractivity contribution in [2.24, 2.45) is 0 Å². The van der Waals surface area contributed by atoms with Gasteiger partial charge in [-0.25, -0.2) is 4.39 Å². The first kappa shape index (κ1) is 22.9. The van der Waals surface area contributed by atoms with Gasteiger partial charge in [-0.05, 0) is 43.3 Å². The molecule has 2 rings (SSSR count). The maximum Gasteiger partial charge on any atom is 0.310 e. The normalized spacial score (nSPS) is 15.5. The number of rotatable bonds is 6. The average Bonchev–Trinajstić information content (AvgIpc) is 2.65. The maximum absolute atomic E-state index is 13.8. The van der Waals surface area contributed by atoms with Gasteiger partial charge >= 0.3 is 10.2 Å². The molecule has 0 saturated carbocycles. The summed E-state index contributed by atoms with van der Waals surface area (Å²) in [5.74, 6) is -2.22. The Morgan fingerprint density at radius 3 is 2.20 bits per heavy atom. The lowest BCUT2D eigenvalue weighted by molar-refractivity contribution is 0.0900. The molecular formula is C18H13F6N3O2S. The Morgan fingerprint density at radius 2 is 1.70 bits per heavy atom. The number of hydrogen-bond acceptors (Lipinski definition) is 4. The third kappa shape index (κ3) is 5.58. The van der Waals surface area contributed by atoms with Crippen LogP contribution in [0.1, 0.15) is 22.8 Å². The minimum Gasteiger partial charge on any atom is -0.487 e. The molecule has 0 heterocycles. The summed E-state index contributed by atoms with van der Waals surface area (Å²) in [4.78, 5) is 10.1. The Bertz CT molecular complexity index is 1080. The second-order valence-electron chi connectivity index (χ2n) is 6.44. The van der Waals surface area contributed by atoms with Gasteiger partial charge in [0, 0.05) is 11.6 Å². The molecule has 0 spiro atoms. The fourth-order valence-corrected chi connectivity index (χ4v) is 2.84. The molecule has 1 amide bonds. The number of benzene rings is 2. The van der Waals surface area contributed by atoms with Crippen LogP contribution in [0.4, 0.5) is 23.8 Å². The zero-order valence-electron chi connectivity index (χ0n) is 15.1. The molecule has 1 N–H and O–H groups in total. The minimum absolute atomic E-state index is 0.0689. The van der Waals surface area contributed by atoms with E-state index in [0.29, 0.717) is 12.1 Å². The molecule has 0 aliphatic heterocycles. The minimum atomic E-state index is -9.88. The van der Waals surface area contributed by atoms with Crippen molar-refractivity contribution in [3.63, 3.8) is 0 Å².